The maximum absolute atomic E-state index is 12.3. The zero-order chi connectivity index (χ0) is 17.6. The largest absolute Gasteiger partial charge is 0.444 e. The molecule has 1 aliphatic rings. The zero-order valence-corrected chi connectivity index (χ0v) is 14.9. The van der Waals surface area contributed by atoms with Gasteiger partial charge in [0.05, 0.1) is 0 Å². The maximum Gasteiger partial charge on any atom is 0.407 e. The summed E-state index contributed by atoms with van der Waals surface area (Å²) in [7, 11) is 0. The summed E-state index contributed by atoms with van der Waals surface area (Å²) in [5.41, 5.74) is 0.750. The molecule has 2 rings (SSSR count). The molecule has 132 valence electrons. The Bertz CT molecular complexity index is 551. The van der Waals surface area contributed by atoms with Gasteiger partial charge in [0.1, 0.15) is 5.60 Å². The highest BCUT2D eigenvalue weighted by atomic mass is 16.6. The van der Waals surface area contributed by atoms with E-state index in [2.05, 4.69) is 17.4 Å². The van der Waals surface area contributed by atoms with E-state index in [9.17, 15) is 9.59 Å². The number of carbonyl (C=O) groups excluding carboxylic acids is 2. The lowest BCUT2D eigenvalue weighted by atomic mass is 9.96. The number of hydrogen-bond donors (Lipinski definition) is 1. The summed E-state index contributed by atoms with van der Waals surface area (Å²) in [5, 5.41) is 2.77. The first-order valence-electron chi connectivity index (χ1n) is 8.62. The molecule has 1 aromatic carbocycles. The molecule has 1 atom stereocenters. The van der Waals surface area contributed by atoms with Crippen molar-refractivity contribution in [2.75, 3.05) is 19.6 Å². The molecule has 1 heterocycles. The number of ether oxygens (including phenoxy) is 1. The first-order valence-corrected chi connectivity index (χ1v) is 8.62. The Balaban J connectivity index is 1.70. The third-order valence-corrected chi connectivity index (χ3v) is 4.07. The van der Waals surface area contributed by atoms with Crippen LogP contribution in [0.15, 0.2) is 30.3 Å². The predicted octanol–water partition coefficient (Wildman–Crippen LogP) is 2.99. The Morgan fingerprint density at radius 2 is 2.00 bits per heavy atom. The molecule has 1 saturated heterocycles. The highest BCUT2D eigenvalue weighted by molar-refractivity contribution is 5.77. The molecule has 0 bridgehead atoms. The van der Waals surface area contributed by atoms with Crippen LogP contribution < -0.4 is 5.32 Å². The third-order valence-electron chi connectivity index (χ3n) is 4.07. The molecule has 0 aromatic heterocycles. The number of alkyl carbamates (subject to hydrolysis) is 1. The van der Waals surface area contributed by atoms with E-state index in [1.54, 1.807) is 0 Å². The quantitative estimate of drug-likeness (QED) is 0.902. The summed E-state index contributed by atoms with van der Waals surface area (Å²) in [6.07, 6.45) is 1.87. The molecule has 0 radical (unpaired) electrons. The number of nitrogens with zero attached hydrogens (tertiary/aromatic N) is 1. The highest BCUT2D eigenvalue weighted by Gasteiger charge is 2.26. The zero-order valence-electron chi connectivity index (χ0n) is 14.9. The van der Waals surface area contributed by atoms with Crippen LogP contribution in [0.4, 0.5) is 4.79 Å². The Hall–Kier alpha value is -2.04. The molecular weight excluding hydrogens is 304 g/mol. The smallest absolute Gasteiger partial charge is 0.407 e. The molecule has 24 heavy (non-hydrogen) atoms. The first kappa shape index (κ1) is 18.3. The van der Waals surface area contributed by atoms with Crippen LogP contribution in [-0.4, -0.2) is 42.1 Å². The van der Waals surface area contributed by atoms with Crippen molar-refractivity contribution in [1.82, 2.24) is 10.2 Å². The van der Waals surface area contributed by atoms with Crippen LogP contribution in [0.2, 0.25) is 0 Å². The number of rotatable bonds is 5. The van der Waals surface area contributed by atoms with Crippen LogP contribution in [0.1, 0.15) is 39.2 Å². The molecule has 1 aliphatic heterocycles. The maximum atomic E-state index is 12.3. The van der Waals surface area contributed by atoms with Gasteiger partial charge in [0.25, 0.3) is 0 Å². The molecule has 1 N–H and O–H groups in total. The van der Waals surface area contributed by atoms with E-state index >= 15 is 0 Å². The van der Waals surface area contributed by atoms with Crippen LogP contribution in [0, 0.1) is 5.92 Å². The van der Waals surface area contributed by atoms with Crippen LogP contribution in [-0.2, 0) is 16.0 Å². The molecule has 5 heteroatoms. The summed E-state index contributed by atoms with van der Waals surface area (Å²) in [6, 6.07) is 10.2. The van der Waals surface area contributed by atoms with Crippen molar-refractivity contribution < 1.29 is 14.3 Å². The minimum absolute atomic E-state index is 0.174. The SMILES string of the molecule is CC(C)(C)OC(=O)NCC1CCN(CCc2ccccc2)C(=O)C1. The van der Waals surface area contributed by atoms with E-state index in [1.165, 1.54) is 5.56 Å². The lowest BCUT2D eigenvalue weighted by Crippen LogP contribution is -2.43. The monoisotopic (exact) mass is 332 g/mol. The van der Waals surface area contributed by atoms with Gasteiger partial charge in [0, 0.05) is 26.1 Å². The van der Waals surface area contributed by atoms with Gasteiger partial charge in [-0.25, -0.2) is 4.79 Å². The molecule has 1 unspecified atom stereocenters. The second-order valence-electron chi connectivity index (χ2n) is 7.36. The van der Waals surface area contributed by atoms with Gasteiger partial charge in [-0.3, -0.25) is 4.79 Å². The molecule has 2 amide bonds. The minimum Gasteiger partial charge on any atom is -0.444 e. The van der Waals surface area contributed by atoms with Crippen molar-refractivity contribution in [3.05, 3.63) is 35.9 Å². The molecule has 1 aromatic rings. The van der Waals surface area contributed by atoms with E-state index in [0.29, 0.717) is 13.0 Å². The minimum atomic E-state index is -0.499. The number of amides is 2. The number of likely N-dealkylation sites (tertiary alicyclic amines) is 1. The average molecular weight is 332 g/mol. The van der Waals surface area contributed by atoms with E-state index in [4.69, 9.17) is 4.74 Å². The number of benzene rings is 1. The average Bonchev–Trinajstić information content (AvgIpc) is 2.51. The number of carbonyl (C=O) groups is 2. The number of piperidine rings is 1. The number of nitrogens with one attached hydrogen (secondary N) is 1. The van der Waals surface area contributed by atoms with Gasteiger partial charge in [0.2, 0.25) is 5.91 Å². The molecule has 5 nitrogen and oxygen atoms in total. The standard InChI is InChI=1S/C19H28N2O3/c1-19(2,3)24-18(23)20-14-16-10-12-21(17(22)13-16)11-9-15-7-5-4-6-8-15/h4-8,16H,9-14H2,1-3H3,(H,20,23). The molecule has 0 aliphatic carbocycles. The molecular formula is C19H28N2O3. The fourth-order valence-corrected chi connectivity index (χ4v) is 2.80. The van der Waals surface area contributed by atoms with E-state index in [-0.39, 0.29) is 11.8 Å². The van der Waals surface area contributed by atoms with Gasteiger partial charge in [-0.15, -0.1) is 0 Å². The first-order chi connectivity index (χ1) is 11.3. The van der Waals surface area contributed by atoms with E-state index in [1.807, 2.05) is 43.9 Å². The fourth-order valence-electron chi connectivity index (χ4n) is 2.80. The normalized spacial score (nSPS) is 18.4. The topological polar surface area (TPSA) is 58.6 Å². The Morgan fingerprint density at radius 3 is 2.62 bits per heavy atom. The van der Waals surface area contributed by atoms with Gasteiger partial charge in [-0.2, -0.15) is 0 Å². The van der Waals surface area contributed by atoms with Gasteiger partial charge in [0.15, 0.2) is 0 Å². The van der Waals surface area contributed by atoms with Crippen molar-refractivity contribution >= 4 is 12.0 Å². The number of hydrogen-bond acceptors (Lipinski definition) is 3. The summed E-state index contributed by atoms with van der Waals surface area (Å²) in [5.74, 6) is 0.367. The lowest BCUT2D eigenvalue weighted by molar-refractivity contribution is -0.134. The summed E-state index contributed by atoms with van der Waals surface area (Å²) >= 11 is 0. The Labute approximate surface area is 144 Å². The van der Waals surface area contributed by atoms with Crippen molar-refractivity contribution in [2.45, 2.75) is 45.6 Å². The second-order valence-corrected chi connectivity index (χ2v) is 7.36. The van der Waals surface area contributed by atoms with Crippen molar-refractivity contribution in [3.8, 4) is 0 Å². The van der Waals surface area contributed by atoms with Crippen LogP contribution in [0.5, 0.6) is 0 Å². The van der Waals surface area contributed by atoms with Gasteiger partial charge in [-0.05, 0) is 45.1 Å². The molecule has 0 spiro atoms. The summed E-state index contributed by atoms with van der Waals surface area (Å²) in [4.78, 5) is 25.9. The van der Waals surface area contributed by atoms with Gasteiger partial charge >= 0.3 is 6.09 Å². The van der Waals surface area contributed by atoms with Crippen molar-refractivity contribution in [1.29, 1.82) is 0 Å². The van der Waals surface area contributed by atoms with Crippen LogP contribution >= 0.6 is 0 Å². The van der Waals surface area contributed by atoms with Crippen LogP contribution in [0.25, 0.3) is 0 Å². The lowest BCUT2D eigenvalue weighted by Gasteiger charge is -2.32. The predicted molar refractivity (Wildman–Crippen MR) is 93.7 cm³/mol. The van der Waals surface area contributed by atoms with E-state index in [0.717, 1.165) is 25.9 Å². The second kappa shape index (κ2) is 8.18. The summed E-state index contributed by atoms with van der Waals surface area (Å²) < 4.78 is 5.22. The molecule has 0 saturated carbocycles. The van der Waals surface area contributed by atoms with Gasteiger partial charge < -0.3 is 15.0 Å². The highest BCUT2D eigenvalue weighted by Crippen LogP contribution is 2.18. The Morgan fingerprint density at radius 1 is 1.29 bits per heavy atom. The third kappa shape index (κ3) is 6.22. The Kier molecular flexibility index (Phi) is 6.23. The summed E-state index contributed by atoms with van der Waals surface area (Å²) in [6.45, 7) is 7.51. The van der Waals surface area contributed by atoms with Crippen molar-refractivity contribution in [3.63, 3.8) is 0 Å². The van der Waals surface area contributed by atoms with Crippen molar-refractivity contribution in [2.24, 2.45) is 5.92 Å². The van der Waals surface area contributed by atoms with Crippen LogP contribution in [0.3, 0.4) is 0 Å². The fraction of sp³-hybridized carbons (Fsp3) is 0.579. The van der Waals surface area contributed by atoms with Gasteiger partial charge in [-0.1, -0.05) is 30.3 Å². The molecule has 1 fully saturated rings. The van der Waals surface area contributed by atoms with E-state index < -0.39 is 11.7 Å².